The van der Waals surface area contributed by atoms with Gasteiger partial charge in [-0.25, -0.2) is 14.1 Å². The number of rotatable bonds is 3. The van der Waals surface area contributed by atoms with E-state index in [1.807, 2.05) is 0 Å². The van der Waals surface area contributed by atoms with Crippen LogP contribution >= 0.6 is 34.8 Å². The molecule has 0 aliphatic rings. The van der Waals surface area contributed by atoms with Crippen molar-refractivity contribution in [3.05, 3.63) is 104 Å². The number of aromatic nitrogens is 4. The van der Waals surface area contributed by atoms with E-state index in [1.54, 1.807) is 60.8 Å². The van der Waals surface area contributed by atoms with E-state index in [-0.39, 0.29) is 22.4 Å². The minimum absolute atomic E-state index is 0.227. The molecule has 0 radical (unpaired) electrons. The lowest BCUT2D eigenvalue weighted by Gasteiger charge is -2.13. The second-order valence-corrected chi connectivity index (χ2v) is 8.24. The van der Waals surface area contributed by atoms with Crippen LogP contribution in [0.15, 0.2) is 77.7 Å². The van der Waals surface area contributed by atoms with Gasteiger partial charge in [0.1, 0.15) is 11.2 Å². The number of halogens is 4. The number of hydrogen-bond donors (Lipinski definition) is 0. The molecule has 5 aromatic rings. The summed E-state index contributed by atoms with van der Waals surface area (Å²) in [5.74, 6) is -0.0656. The molecule has 0 saturated carbocycles. The molecule has 32 heavy (non-hydrogen) atoms. The second kappa shape index (κ2) is 8.06. The summed E-state index contributed by atoms with van der Waals surface area (Å²) in [7, 11) is 0. The van der Waals surface area contributed by atoms with Gasteiger partial charge in [-0.2, -0.15) is 0 Å². The van der Waals surface area contributed by atoms with Gasteiger partial charge in [-0.05, 0) is 66.7 Å². The molecule has 0 bridgehead atoms. The van der Waals surface area contributed by atoms with Gasteiger partial charge >= 0.3 is 0 Å². The van der Waals surface area contributed by atoms with E-state index in [2.05, 4.69) is 10.1 Å². The zero-order chi connectivity index (χ0) is 22.4. The average Bonchev–Trinajstić information content (AvgIpc) is 3.20. The number of benzene rings is 3. The van der Waals surface area contributed by atoms with Gasteiger partial charge in [-0.3, -0.25) is 9.36 Å². The lowest BCUT2D eigenvalue weighted by atomic mass is 10.2. The fourth-order valence-electron chi connectivity index (χ4n) is 3.37. The first-order valence-electron chi connectivity index (χ1n) is 9.40. The van der Waals surface area contributed by atoms with Crippen LogP contribution in [0.2, 0.25) is 15.1 Å². The van der Waals surface area contributed by atoms with Crippen LogP contribution in [0.5, 0.6) is 0 Å². The molecule has 5 nitrogen and oxygen atoms in total. The molecule has 0 unspecified atom stereocenters. The third-order valence-electron chi connectivity index (χ3n) is 4.90. The smallest absolute Gasteiger partial charge is 0.268 e. The van der Waals surface area contributed by atoms with Crippen LogP contribution in [-0.4, -0.2) is 19.3 Å². The van der Waals surface area contributed by atoms with Gasteiger partial charge in [0, 0.05) is 21.8 Å². The van der Waals surface area contributed by atoms with E-state index in [9.17, 15) is 9.18 Å². The van der Waals surface area contributed by atoms with Crippen LogP contribution in [0.1, 0.15) is 0 Å². The molecule has 9 heteroatoms. The van der Waals surface area contributed by atoms with Crippen molar-refractivity contribution in [1.29, 1.82) is 0 Å². The Bertz CT molecular complexity index is 1530. The third kappa shape index (κ3) is 3.66. The Morgan fingerprint density at radius 2 is 1.47 bits per heavy atom. The molecule has 0 aliphatic carbocycles. The maximum atomic E-state index is 13.6. The Kier molecular flexibility index (Phi) is 5.21. The van der Waals surface area contributed by atoms with Crippen molar-refractivity contribution in [1.82, 2.24) is 19.3 Å². The minimum Gasteiger partial charge on any atom is -0.268 e. The maximum Gasteiger partial charge on any atom is 0.269 e. The van der Waals surface area contributed by atoms with Crippen LogP contribution < -0.4 is 5.56 Å². The number of fused-ring (bicyclic) bond motifs is 1. The molecule has 2 aromatic heterocycles. The Morgan fingerprint density at radius 3 is 2.16 bits per heavy atom. The molecule has 0 saturated heterocycles. The van der Waals surface area contributed by atoms with Gasteiger partial charge in [0.2, 0.25) is 0 Å². The highest BCUT2D eigenvalue weighted by molar-refractivity contribution is 6.36. The van der Waals surface area contributed by atoms with Gasteiger partial charge < -0.3 is 0 Å². The molecular formula is C23H12Cl3FN4O. The van der Waals surface area contributed by atoms with Crippen LogP contribution in [0.4, 0.5) is 4.39 Å². The number of nitrogens with zero attached hydrogens (tertiary/aromatic N) is 4. The van der Waals surface area contributed by atoms with Crippen LogP contribution in [0.25, 0.3) is 33.8 Å². The highest BCUT2D eigenvalue weighted by Gasteiger charge is 2.19. The van der Waals surface area contributed by atoms with Gasteiger partial charge in [0.05, 0.1) is 16.4 Å². The average molecular weight is 486 g/mol. The van der Waals surface area contributed by atoms with Crippen molar-refractivity contribution in [3.8, 4) is 22.8 Å². The van der Waals surface area contributed by atoms with Crippen molar-refractivity contribution in [2.24, 2.45) is 0 Å². The summed E-state index contributed by atoms with van der Waals surface area (Å²) in [5, 5.41) is 6.06. The first-order valence-corrected chi connectivity index (χ1v) is 10.5. The van der Waals surface area contributed by atoms with Crippen molar-refractivity contribution < 1.29 is 4.39 Å². The standard InChI is InChI=1S/C23H12Cl3FN4O/c24-13-1-6-17(7-2-13)31-22(18-10-3-14(25)11-20(18)26)28-21-19(23(31)32)12-30(29-21)16-8-4-15(27)5-9-16/h1-12H. The molecule has 0 amide bonds. The Hall–Kier alpha value is -3.19. The maximum absolute atomic E-state index is 13.6. The SMILES string of the molecule is O=c1c2cn(-c3ccc(F)cc3)nc2nc(-c2ccc(Cl)cc2Cl)n1-c1ccc(Cl)cc1. The largest absolute Gasteiger partial charge is 0.269 e. The topological polar surface area (TPSA) is 52.7 Å². The third-order valence-corrected chi connectivity index (χ3v) is 5.70. The van der Waals surface area contributed by atoms with Gasteiger partial charge in [0.25, 0.3) is 5.56 Å². The summed E-state index contributed by atoms with van der Waals surface area (Å²) in [6, 6.07) is 17.5. The van der Waals surface area contributed by atoms with E-state index < -0.39 is 0 Å². The molecule has 3 aromatic carbocycles. The lowest BCUT2D eigenvalue weighted by Crippen LogP contribution is -2.21. The fourth-order valence-corrected chi connectivity index (χ4v) is 3.99. The van der Waals surface area contributed by atoms with Gasteiger partial charge in [0.15, 0.2) is 11.5 Å². The normalized spacial score (nSPS) is 11.2. The van der Waals surface area contributed by atoms with Crippen molar-refractivity contribution in [2.45, 2.75) is 0 Å². The van der Waals surface area contributed by atoms with Crippen LogP contribution in [0.3, 0.4) is 0 Å². The monoisotopic (exact) mass is 484 g/mol. The van der Waals surface area contributed by atoms with Crippen molar-refractivity contribution in [3.63, 3.8) is 0 Å². The van der Waals surface area contributed by atoms with Gasteiger partial charge in [-0.15, -0.1) is 5.10 Å². The lowest BCUT2D eigenvalue weighted by molar-refractivity contribution is 0.627. The summed E-state index contributed by atoms with van der Waals surface area (Å²) in [6.45, 7) is 0. The molecule has 0 atom stereocenters. The van der Waals surface area contributed by atoms with E-state index in [0.29, 0.717) is 37.8 Å². The van der Waals surface area contributed by atoms with Gasteiger partial charge in [-0.1, -0.05) is 34.8 Å². The number of hydrogen-bond acceptors (Lipinski definition) is 3. The zero-order valence-electron chi connectivity index (χ0n) is 16.1. The van der Waals surface area contributed by atoms with Crippen molar-refractivity contribution >= 4 is 45.8 Å². The quantitative estimate of drug-likeness (QED) is 0.300. The molecule has 5 rings (SSSR count). The first-order chi connectivity index (χ1) is 15.4. The molecule has 0 aliphatic heterocycles. The molecule has 0 N–H and O–H groups in total. The predicted octanol–water partition coefficient (Wildman–Crippen LogP) is 6.34. The van der Waals surface area contributed by atoms with E-state index in [0.717, 1.165) is 0 Å². The summed E-state index contributed by atoms with van der Waals surface area (Å²) in [4.78, 5) is 18.2. The molecule has 0 spiro atoms. The minimum atomic E-state index is -0.367. The Labute approximate surface area is 196 Å². The second-order valence-electron chi connectivity index (χ2n) is 6.96. The van der Waals surface area contributed by atoms with E-state index in [4.69, 9.17) is 34.8 Å². The molecule has 2 heterocycles. The van der Waals surface area contributed by atoms with Crippen LogP contribution in [-0.2, 0) is 0 Å². The van der Waals surface area contributed by atoms with Crippen molar-refractivity contribution in [2.75, 3.05) is 0 Å². The first kappa shape index (κ1) is 20.7. The zero-order valence-corrected chi connectivity index (χ0v) is 18.4. The summed E-state index contributed by atoms with van der Waals surface area (Å²) < 4.78 is 16.3. The Balaban J connectivity index is 1.81. The molecule has 0 fully saturated rings. The summed E-state index contributed by atoms with van der Waals surface area (Å²) in [5.41, 5.74) is 1.55. The molecule has 158 valence electrons. The highest BCUT2D eigenvalue weighted by atomic mass is 35.5. The Morgan fingerprint density at radius 1 is 0.812 bits per heavy atom. The fraction of sp³-hybridized carbons (Fsp3) is 0. The highest BCUT2D eigenvalue weighted by Crippen LogP contribution is 2.31. The van der Waals surface area contributed by atoms with E-state index in [1.165, 1.54) is 21.4 Å². The predicted molar refractivity (Wildman–Crippen MR) is 125 cm³/mol. The molecular weight excluding hydrogens is 474 g/mol. The summed E-state index contributed by atoms with van der Waals surface area (Å²) in [6.07, 6.45) is 1.57. The summed E-state index contributed by atoms with van der Waals surface area (Å²) >= 11 is 18.5. The van der Waals surface area contributed by atoms with E-state index >= 15 is 0 Å². The van der Waals surface area contributed by atoms with Crippen LogP contribution in [0, 0.1) is 5.82 Å².